The minimum atomic E-state index is 0.137. The molecule has 1 aromatic rings. The zero-order valence-corrected chi connectivity index (χ0v) is 9.77. The van der Waals surface area contributed by atoms with Crippen molar-refractivity contribution in [2.24, 2.45) is 5.92 Å². The topological polar surface area (TPSA) is 42.0 Å². The van der Waals surface area contributed by atoms with Crippen LogP contribution >= 0.6 is 11.3 Å². The van der Waals surface area contributed by atoms with Gasteiger partial charge in [0.15, 0.2) is 0 Å². The number of amides is 1. The minimum Gasteiger partial charge on any atom is -0.356 e. The van der Waals surface area contributed by atoms with Gasteiger partial charge >= 0.3 is 0 Å². The minimum absolute atomic E-state index is 0.137. The Bertz CT molecular complexity index is 348. The van der Waals surface area contributed by atoms with Crippen molar-refractivity contribution in [2.75, 3.05) is 6.54 Å². The lowest BCUT2D eigenvalue weighted by Crippen LogP contribution is -2.30. The summed E-state index contributed by atoms with van der Waals surface area (Å²) in [5, 5.41) is 6.10. The molecule has 0 bridgehead atoms. The van der Waals surface area contributed by atoms with Crippen molar-refractivity contribution in [2.45, 2.75) is 32.6 Å². The number of nitrogens with zero attached hydrogens (tertiary/aromatic N) is 1. The van der Waals surface area contributed by atoms with Crippen LogP contribution in [0.25, 0.3) is 0 Å². The van der Waals surface area contributed by atoms with Gasteiger partial charge in [0.25, 0.3) is 0 Å². The number of hydrogen-bond donors (Lipinski definition) is 1. The van der Waals surface area contributed by atoms with Crippen molar-refractivity contribution in [1.82, 2.24) is 10.3 Å². The predicted molar refractivity (Wildman–Crippen MR) is 60.9 cm³/mol. The van der Waals surface area contributed by atoms with E-state index in [1.54, 1.807) is 11.3 Å². The molecule has 0 saturated carbocycles. The Morgan fingerprint density at radius 3 is 3.20 bits per heavy atom. The van der Waals surface area contributed by atoms with E-state index in [4.69, 9.17) is 0 Å². The molecule has 2 heterocycles. The van der Waals surface area contributed by atoms with Gasteiger partial charge in [0, 0.05) is 30.0 Å². The molecule has 3 nitrogen and oxygen atoms in total. The summed E-state index contributed by atoms with van der Waals surface area (Å²) in [5.74, 6) is 0.346. The number of hydrogen-bond acceptors (Lipinski definition) is 3. The lowest BCUT2D eigenvalue weighted by Gasteiger charge is -2.10. The molecule has 0 radical (unpaired) electrons. The molecule has 1 fully saturated rings. The summed E-state index contributed by atoms with van der Waals surface area (Å²) in [6.07, 6.45) is 4.07. The maximum Gasteiger partial charge on any atom is 0.223 e. The first-order chi connectivity index (χ1) is 7.25. The Morgan fingerprint density at radius 2 is 2.47 bits per heavy atom. The monoisotopic (exact) mass is 224 g/mol. The summed E-state index contributed by atoms with van der Waals surface area (Å²) < 4.78 is 0. The van der Waals surface area contributed by atoms with Crippen LogP contribution in [0.3, 0.4) is 0 Å². The predicted octanol–water partition coefficient (Wildman–Crippen LogP) is 1.91. The van der Waals surface area contributed by atoms with E-state index < -0.39 is 0 Å². The first-order valence-corrected chi connectivity index (χ1v) is 6.32. The van der Waals surface area contributed by atoms with Crippen LogP contribution in [0.5, 0.6) is 0 Å². The van der Waals surface area contributed by atoms with Crippen molar-refractivity contribution >= 4 is 17.2 Å². The van der Waals surface area contributed by atoms with Gasteiger partial charge in [0.2, 0.25) is 5.91 Å². The fourth-order valence-electron chi connectivity index (χ4n) is 1.90. The number of nitrogens with one attached hydrogen (secondary N) is 1. The molecule has 1 unspecified atom stereocenters. The molecule has 1 atom stereocenters. The fourth-order valence-corrected chi connectivity index (χ4v) is 2.76. The fraction of sp³-hybridized carbons (Fsp3) is 0.636. The molecule has 4 heteroatoms. The third-order valence-electron chi connectivity index (χ3n) is 2.74. The summed E-state index contributed by atoms with van der Waals surface area (Å²) in [6.45, 7) is 2.83. The van der Waals surface area contributed by atoms with Crippen LogP contribution in [0.1, 0.15) is 30.0 Å². The number of carbonyl (C=O) groups excluding carboxylic acids is 1. The lowest BCUT2D eigenvalue weighted by molar-refractivity contribution is -0.124. The molecule has 15 heavy (non-hydrogen) atoms. The van der Waals surface area contributed by atoms with Gasteiger partial charge in [0.1, 0.15) is 0 Å². The van der Waals surface area contributed by atoms with E-state index in [9.17, 15) is 4.79 Å². The van der Waals surface area contributed by atoms with Crippen LogP contribution in [0, 0.1) is 12.8 Å². The van der Waals surface area contributed by atoms with Crippen molar-refractivity contribution in [3.05, 3.63) is 16.1 Å². The smallest absolute Gasteiger partial charge is 0.223 e. The van der Waals surface area contributed by atoms with Crippen LogP contribution in [0.4, 0.5) is 0 Å². The van der Waals surface area contributed by atoms with E-state index in [0.717, 1.165) is 42.9 Å². The van der Waals surface area contributed by atoms with E-state index in [1.807, 2.05) is 12.3 Å². The number of aromatic nitrogens is 1. The summed E-state index contributed by atoms with van der Waals surface area (Å²) >= 11 is 1.66. The van der Waals surface area contributed by atoms with E-state index in [2.05, 4.69) is 10.3 Å². The van der Waals surface area contributed by atoms with Crippen molar-refractivity contribution in [3.8, 4) is 0 Å². The zero-order valence-electron chi connectivity index (χ0n) is 8.95. The number of thiazole rings is 1. The van der Waals surface area contributed by atoms with Gasteiger partial charge in [-0.25, -0.2) is 4.98 Å². The average molecular weight is 224 g/mol. The van der Waals surface area contributed by atoms with Crippen molar-refractivity contribution in [3.63, 3.8) is 0 Å². The standard InChI is InChI=1S/C11H16N2OS/c1-8-7-15-10(13-8)6-9-4-2-3-5-12-11(9)14/h7,9H,2-6H2,1H3,(H,12,14). The molecule has 0 spiro atoms. The van der Waals surface area contributed by atoms with Crippen LogP contribution in [-0.4, -0.2) is 17.4 Å². The quantitative estimate of drug-likeness (QED) is 0.833. The van der Waals surface area contributed by atoms with E-state index in [-0.39, 0.29) is 11.8 Å². The molecule has 1 amide bonds. The third-order valence-corrected chi connectivity index (χ3v) is 3.73. The van der Waals surface area contributed by atoms with Crippen molar-refractivity contribution < 1.29 is 4.79 Å². The highest BCUT2D eigenvalue weighted by Crippen LogP contribution is 2.20. The number of carbonyl (C=O) groups is 1. The first kappa shape index (κ1) is 10.6. The Balaban J connectivity index is 2.00. The Morgan fingerprint density at radius 1 is 1.60 bits per heavy atom. The molecule has 1 aliphatic rings. The van der Waals surface area contributed by atoms with Crippen LogP contribution < -0.4 is 5.32 Å². The molecule has 0 aliphatic carbocycles. The Hall–Kier alpha value is -0.900. The molecule has 1 aliphatic heterocycles. The Kier molecular flexibility index (Phi) is 3.36. The summed E-state index contributed by atoms with van der Waals surface area (Å²) in [6, 6.07) is 0. The molecule has 82 valence electrons. The van der Waals surface area contributed by atoms with E-state index in [0.29, 0.717) is 0 Å². The summed E-state index contributed by atoms with van der Waals surface area (Å²) in [5.41, 5.74) is 1.06. The normalized spacial score (nSPS) is 22.2. The molecule has 1 saturated heterocycles. The van der Waals surface area contributed by atoms with Crippen LogP contribution in [-0.2, 0) is 11.2 Å². The highest BCUT2D eigenvalue weighted by molar-refractivity contribution is 7.09. The van der Waals surface area contributed by atoms with Gasteiger partial charge in [-0.1, -0.05) is 6.42 Å². The first-order valence-electron chi connectivity index (χ1n) is 5.44. The molecule has 1 aromatic heterocycles. The third kappa shape index (κ3) is 2.78. The molecule has 0 aromatic carbocycles. The van der Waals surface area contributed by atoms with Crippen LogP contribution in [0.15, 0.2) is 5.38 Å². The number of rotatable bonds is 2. The molecule has 1 N–H and O–H groups in total. The van der Waals surface area contributed by atoms with Crippen molar-refractivity contribution in [1.29, 1.82) is 0 Å². The maximum atomic E-state index is 11.7. The SMILES string of the molecule is Cc1csc(CC2CCCCNC2=O)n1. The highest BCUT2D eigenvalue weighted by atomic mass is 32.1. The zero-order chi connectivity index (χ0) is 10.7. The molecular weight excluding hydrogens is 208 g/mol. The van der Waals surface area contributed by atoms with Gasteiger partial charge in [-0.15, -0.1) is 11.3 Å². The van der Waals surface area contributed by atoms with Gasteiger partial charge in [-0.05, 0) is 19.8 Å². The van der Waals surface area contributed by atoms with Crippen LogP contribution in [0.2, 0.25) is 0 Å². The highest BCUT2D eigenvalue weighted by Gasteiger charge is 2.21. The van der Waals surface area contributed by atoms with E-state index >= 15 is 0 Å². The van der Waals surface area contributed by atoms with Gasteiger partial charge in [-0.3, -0.25) is 4.79 Å². The second-order valence-electron chi connectivity index (χ2n) is 4.07. The summed E-state index contributed by atoms with van der Waals surface area (Å²) in [7, 11) is 0. The van der Waals surface area contributed by atoms with Gasteiger partial charge in [0.05, 0.1) is 5.01 Å². The lowest BCUT2D eigenvalue weighted by atomic mass is 9.99. The van der Waals surface area contributed by atoms with Gasteiger partial charge < -0.3 is 5.32 Å². The molecule has 2 rings (SSSR count). The molecular formula is C11H16N2OS. The van der Waals surface area contributed by atoms with Gasteiger partial charge in [-0.2, -0.15) is 0 Å². The van der Waals surface area contributed by atoms with E-state index in [1.165, 1.54) is 0 Å². The largest absolute Gasteiger partial charge is 0.356 e. The second kappa shape index (κ2) is 4.75. The Labute approximate surface area is 93.9 Å². The number of aryl methyl sites for hydroxylation is 1. The maximum absolute atomic E-state index is 11.7. The summed E-state index contributed by atoms with van der Waals surface area (Å²) in [4.78, 5) is 16.1. The average Bonchev–Trinajstić information content (AvgIpc) is 2.50. The second-order valence-corrected chi connectivity index (χ2v) is 5.01.